The Morgan fingerprint density at radius 1 is 1.22 bits per heavy atom. The first-order chi connectivity index (χ1) is 8.54. The molecule has 1 amide bonds. The Kier molecular flexibility index (Phi) is 5.86. The summed E-state index contributed by atoms with van der Waals surface area (Å²) in [5.74, 6) is 0.912. The highest BCUT2D eigenvalue weighted by molar-refractivity contribution is 5.94. The number of carbonyl (C=O) groups excluding carboxylic acids is 1. The summed E-state index contributed by atoms with van der Waals surface area (Å²) in [6.45, 7) is 7.73. The van der Waals surface area contributed by atoms with Crippen molar-refractivity contribution in [2.45, 2.75) is 33.1 Å². The van der Waals surface area contributed by atoms with Crippen molar-refractivity contribution in [1.29, 1.82) is 0 Å². The van der Waals surface area contributed by atoms with Crippen LogP contribution in [0.4, 0.5) is 0 Å². The van der Waals surface area contributed by atoms with E-state index in [1.54, 1.807) is 0 Å². The van der Waals surface area contributed by atoms with Gasteiger partial charge in [-0.05, 0) is 42.5 Å². The molecule has 0 radical (unpaired) electrons. The minimum Gasteiger partial charge on any atom is -0.352 e. The normalized spacial score (nSPS) is 12.5. The fourth-order valence-electron chi connectivity index (χ4n) is 1.77. The molecular weight excluding hydrogens is 224 g/mol. The number of benzene rings is 1. The van der Waals surface area contributed by atoms with Crippen LogP contribution in [-0.4, -0.2) is 19.0 Å². The predicted molar refractivity (Wildman–Crippen MR) is 75.7 cm³/mol. The minimum atomic E-state index is -0.00539. The number of nitrogens with one attached hydrogen (secondary N) is 1. The second-order valence-electron chi connectivity index (χ2n) is 5.17. The molecule has 1 aromatic carbocycles. The number of carbonyl (C=O) groups is 1. The zero-order valence-corrected chi connectivity index (χ0v) is 11.6. The third-order valence-corrected chi connectivity index (χ3v) is 3.11. The van der Waals surface area contributed by atoms with Gasteiger partial charge in [-0.2, -0.15) is 0 Å². The molecule has 3 N–H and O–H groups in total. The molecule has 1 aromatic rings. The molecule has 0 aliphatic heterocycles. The second-order valence-corrected chi connectivity index (χ2v) is 5.17. The molecular formula is C15H24N2O. The number of rotatable bonds is 6. The van der Waals surface area contributed by atoms with Gasteiger partial charge < -0.3 is 11.1 Å². The summed E-state index contributed by atoms with van der Waals surface area (Å²) in [6, 6.07) is 7.81. The first-order valence-electron chi connectivity index (χ1n) is 6.62. The Labute approximate surface area is 110 Å². The summed E-state index contributed by atoms with van der Waals surface area (Å²) in [7, 11) is 0. The fourth-order valence-corrected chi connectivity index (χ4v) is 1.77. The van der Waals surface area contributed by atoms with Gasteiger partial charge in [0.25, 0.3) is 5.91 Å². The molecule has 0 heterocycles. The monoisotopic (exact) mass is 248 g/mol. The zero-order chi connectivity index (χ0) is 13.5. The summed E-state index contributed by atoms with van der Waals surface area (Å²) >= 11 is 0. The SMILES string of the molecule is CC(CCN)CNC(=O)c1ccc(C(C)C)cc1. The van der Waals surface area contributed by atoms with Crippen molar-refractivity contribution >= 4 is 5.91 Å². The molecule has 3 nitrogen and oxygen atoms in total. The minimum absolute atomic E-state index is 0.00539. The number of hydrogen-bond donors (Lipinski definition) is 2. The molecule has 0 aliphatic rings. The Bertz CT molecular complexity index is 371. The van der Waals surface area contributed by atoms with Crippen molar-refractivity contribution in [2.75, 3.05) is 13.1 Å². The van der Waals surface area contributed by atoms with Crippen LogP contribution < -0.4 is 11.1 Å². The van der Waals surface area contributed by atoms with Crippen molar-refractivity contribution < 1.29 is 4.79 Å². The van der Waals surface area contributed by atoms with Gasteiger partial charge in [0.05, 0.1) is 0 Å². The van der Waals surface area contributed by atoms with Gasteiger partial charge in [-0.25, -0.2) is 0 Å². The van der Waals surface area contributed by atoms with Crippen molar-refractivity contribution in [1.82, 2.24) is 5.32 Å². The van der Waals surface area contributed by atoms with E-state index in [0.717, 1.165) is 12.0 Å². The molecule has 0 spiro atoms. The van der Waals surface area contributed by atoms with Gasteiger partial charge in [0.2, 0.25) is 0 Å². The van der Waals surface area contributed by atoms with Crippen LogP contribution in [0.2, 0.25) is 0 Å². The summed E-state index contributed by atoms with van der Waals surface area (Å²) in [5.41, 5.74) is 7.45. The number of amides is 1. The van der Waals surface area contributed by atoms with Gasteiger partial charge in [-0.3, -0.25) is 4.79 Å². The molecule has 1 unspecified atom stereocenters. The topological polar surface area (TPSA) is 55.1 Å². The fraction of sp³-hybridized carbons (Fsp3) is 0.533. The molecule has 0 saturated carbocycles. The lowest BCUT2D eigenvalue weighted by Crippen LogP contribution is -2.29. The van der Waals surface area contributed by atoms with Crippen molar-refractivity contribution in [3.63, 3.8) is 0 Å². The lowest BCUT2D eigenvalue weighted by Gasteiger charge is -2.12. The average molecular weight is 248 g/mol. The summed E-state index contributed by atoms with van der Waals surface area (Å²) in [4.78, 5) is 11.9. The van der Waals surface area contributed by atoms with Crippen LogP contribution in [0, 0.1) is 5.92 Å². The van der Waals surface area contributed by atoms with Crippen LogP contribution in [0.15, 0.2) is 24.3 Å². The standard InChI is InChI=1S/C15H24N2O/c1-11(2)13-4-6-14(7-5-13)15(18)17-10-12(3)8-9-16/h4-7,11-12H,8-10,16H2,1-3H3,(H,17,18). The molecule has 3 heteroatoms. The van der Waals surface area contributed by atoms with Crippen LogP contribution >= 0.6 is 0 Å². The maximum atomic E-state index is 11.9. The van der Waals surface area contributed by atoms with Crippen LogP contribution in [0.3, 0.4) is 0 Å². The van der Waals surface area contributed by atoms with Gasteiger partial charge in [0.15, 0.2) is 0 Å². The lowest BCUT2D eigenvalue weighted by molar-refractivity contribution is 0.0947. The summed E-state index contributed by atoms with van der Waals surface area (Å²) in [6.07, 6.45) is 0.937. The number of nitrogens with two attached hydrogens (primary N) is 1. The quantitative estimate of drug-likeness (QED) is 0.812. The molecule has 1 atom stereocenters. The summed E-state index contributed by atoms with van der Waals surface area (Å²) in [5, 5.41) is 2.94. The zero-order valence-electron chi connectivity index (χ0n) is 11.6. The molecule has 0 saturated heterocycles. The van der Waals surface area contributed by atoms with Crippen LogP contribution in [0.1, 0.15) is 49.0 Å². The first kappa shape index (κ1) is 14.7. The summed E-state index contributed by atoms with van der Waals surface area (Å²) < 4.78 is 0. The highest BCUT2D eigenvalue weighted by Gasteiger charge is 2.08. The average Bonchev–Trinajstić information content (AvgIpc) is 2.36. The largest absolute Gasteiger partial charge is 0.352 e. The van der Waals surface area contributed by atoms with E-state index in [9.17, 15) is 4.79 Å². The molecule has 0 aliphatic carbocycles. The maximum absolute atomic E-state index is 11.9. The molecule has 0 aromatic heterocycles. The van der Waals surface area contributed by atoms with Gasteiger partial charge in [0.1, 0.15) is 0 Å². The molecule has 0 fully saturated rings. The predicted octanol–water partition coefficient (Wildman–Crippen LogP) is 2.52. The van der Waals surface area contributed by atoms with Gasteiger partial charge in [-0.1, -0.05) is 32.9 Å². The van der Waals surface area contributed by atoms with Crippen LogP contribution in [0.5, 0.6) is 0 Å². The van der Waals surface area contributed by atoms with E-state index in [-0.39, 0.29) is 5.91 Å². The Morgan fingerprint density at radius 2 is 1.83 bits per heavy atom. The van der Waals surface area contributed by atoms with Gasteiger partial charge in [-0.15, -0.1) is 0 Å². The van der Waals surface area contributed by atoms with Crippen molar-refractivity contribution in [3.8, 4) is 0 Å². The third kappa shape index (κ3) is 4.49. The van der Waals surface area contributed by atoms with Gasteiger partial charge >= 0.3 is 0 Å². The smallest absolute Gasteiger partial charge is 0.251 e. The highest BCUT2D eigenvalue weighted by Crippen LogP contribution is 2.14. The Hall–Kier alpha value is -1.35. The van der Waals surface area contributed by atoms with E-state index in [4.69, 9.17) is 5.73 Å². The van der Waals surface area contributed by atoms with E-state index in [2.05, 4.69) is 26.1 Å². The molecule has 0 bridgehead atoms. The van der Waals surface area contributed by atoms with E-state index in [1.165, 1.54) is 5.56 Å². The van der Waals surface area contributed by atoms with E-state index >= 15 is 0 Å². The molecule has 1 rings (SSSR count). The first-order valence-corrected chi connectivity index (χ1v) is 6.62. The Morgan fingerprint density at radius 3 is 2.33 bits per heavy atom. The number of hydrogen-bond acceptors (Lipinski definition) is 2. The Balaban J connectivity index is 2.51. The molecule has 100 valence electrons. The second kappa shape index (κ2) is 7.17. The van der Waals surface area contributed by atoms with Crippen molar-refractivity contribution in [3.05, 3.63) is 35.4 Å². The van der Waals surface area contributed by atoms with E-state index in [1.807, 2.05) is 24.3 Å². The van der Waals surface area contributed by atoms with Crippen molar-refractivity contribution in [2.24, 2.45) is 11.7 Å². The van der Waals surface area contributed by atoms with E-state index < -0.39 is 0 Å². The molecule has 18 heavy (non-hydrogen) atoms. The highest BCUT2D eigenvalue weighted by atomic mass is 16.1. The third-order valence-electron chi connectivity index (χ3n) is 3.11. The van der Waals surface area contributed by atoms with Crippen LogP contribution in [-0.2, 0) is 0 Å². The van der Waals surface area contributed by atoms with Gasteiger partial charge in [0, 0.05) is 12.1 Å². The van der Waals surface area contributed by atoms with Crippen LogP contribution in [0.25, 0.3) is 0 Å². The lowest BCUT2D eigenvalue weighted by atomic mass is 10.0. The maximum Gasteiger partial charge on any atom is 0.251 e. The van der Waals surface area contributed by atoms with E-state index in [0.29, 0.717) is 24.9 Å².